The molecule has 0 aromatic heterocycles. The van der Waals surface area contributed by atoms with E-state index in [1.165, 1.54) is 103 Å². The smallest absolute Gasteiger partial charge is 0.429 e. The van der Waals surface area contributed by atoms with E-state index in [2.05, 4.69) is 46.6 Å². The highest BCUT2D eigenvalue weighted by Gasteiger charge is 2.47. The minimum atomic E-state index is -4.62. The van der Waals surface area contributed by atoms with Gasteiger partial charge in [-0.1, -0.05) is 189 Å². The predicted molar refractivity (Wildman–Crippen MR) is 498 cm³/mol. The summed E-state index contributed by atoms with van der Waals surface area (Å²) in [5.74, 6) is -34.4. The van der Waals surface area contributed by atoms with Crippen molar-refractivity contribution >= 4 is 0 Å². The Labute approximate surface area is 826 Å². The number of benzene rings is 12. The highest BCUT2D eigenvalue weighted by Crippen LogP contribution is 2.49. The second-order valence-corrected chi connectivity index (χ2v) is 37.7. The lowest BCUT2D eigenvalue weighted by atomic mass is 9.77. The third kappa shape index (κ3) is 27.6. The van der Waals surface area contributed by atoms with Gasteiger partial charge in [-0.25, -0.2) is 87.8 Å². The van der Waals surface area contributed by atoms with Gasteiger partial charge in [0.1, 0.15) is 91.8 Å². The molecule has 0 unspecified atom stereocenters. The van der Waals surface area contributed by atoms with Crippen LogP contribution in [0.5, 0.6) is 23.0 Å². The van der Waals surface area contributed by atoms with E-state index in [4.69, 9.17) is 0 Å². The summed E-state index contributed by atoms with van der Waals surface area (Å²) in [5.41, 5.74) is -0.439. The molecule has 16 rings (SSSR count). The first-order chi connectivity index (χ1) is 69.3. The Hall–Kier alpha value is -12.1. The normalized spacial score (nSPS) is 18.2. The van der Waals surface area contributed by atoms with Crippen LogP contribution in [0, 0.1) is 140 Å². The van der Waals surface area contributed by atoms with Crippen LogP contribution in [0.3, 0.4) is 0 Å². The molecule has 0 radical (unpaired) electrons. The van der Waals surface area contributed by atoms with Crippen molar-refractivity contribution in [2.24, 2.45) is 23.7 Å². The maximum absolute atomic E-state index is 14.7. The Kier molecular flexibility index (Phi) is 37.0. The highest BCUT2D eigenvalue weighted by atomic mass is 19.3. The first-order valence-electron chi connectivity index (χ1n) is 48.6. The van der Waals surface area contributed by atoms with Crippen molar-refractivity contribution in [3.63, 3.8) is 0 Å². The largest absolute Gasteiger partial charge is 0.432 e. The fourth-order valence-electron chi connectivity index (χ4n) is 19.9. The second-order valence-electron chi connectivity index (χ2n) is 37.7. The molecule has 4 nitrogen and oxygen atoms in total. The van der Waals surface area contributed by atoms with E-state index < -0.39 is 186 Å². The average Bonchev–Trinajstić information content (AvgIpc) is 0.784. The molecule has 780 valence electrons. The van der Waals surface area contributed by atoms with Gasteiger partial charge in [-0.2, -0.15) is 35.1 Å². The molecule has 4 aliphatic rings. The highest BCUT2D eigenvalue weighted by molar-refractivity contribution is 5.68. The van der Waals surface area contributed by atoms with Crippen LogP contribution < -0.4 is 18.9 Å². The van der Waals surface area contributed by atoms with E-state index in [0.29, 0.717) is 45.9 Å². The van der Waals surface area contributed by atoms with Crippen molar-refractivity contribution in [3.8, 4) is 67.5 Å². The standard InChI is InChI=1S/C30H29F7O.C29H27F7O.C28H25F7O.C27H23F7O/c1-2-3-4-5-18-6-8-19(9-7-18)20-10-12-21(13-11-20)22-14-24(31)28(25(32)15-22)30(36,37)38-23-16-26(33)29(35)27(34)17-23;1-2-3-4-17-5-7-18(8-6-17)19-9-11-20(12-10-19)21-13-23(30)27(24(31)14-21)29(35,36)37-22-15-25(32)28(34)26(33)16-22;1-2-3-16-4-6-17(7-5-16)18-8-10-19(11-9-18)20-12-22(29)26(23(30)13-20)28(34,35)36-21-14-24(31)27(33)25(32)15-21;1-2-15-3-5-16(6-4-15)17-7-9-18(10-8-17)19-11-21(28)25(22(29)12-19)27(33,34)35-20-13-23(30)26(32)24(31)14-20/h10-19H,2-9H2,1H3;9-18H,2-8H2,1H3;8-17H,2-7H2,1H3;7-16H,2-6H2,1H3. The Balaban J connectivity index is 0.000000163. The summed E-state index contributed by atoms with van der Waals surface area (Å²) in [4.78, 5) is 0. The maximum Gasteiger partial charge on any atom is 0.432 e. The van der Waals surface area contributed by atoms with E-state index in [-0.39, 0.29) is 70.8 Å². The van der Waals surface area contributed by atoms with Gasteiger partial charge in [0.2, 0.25) is 0 Å². The summed E-state index contributed by atoms with van der Waals surface area (Å²) < 4.78 is 410. The number of alkyl halides is 8. The number of halogens is 28. The summed E-state index contributed by atoms with van der Waals surface area (Å²) in [6.07, 6.45) is 11.9. The summed E-state index contributed by atoms with van der Waals surface area (Å²) in [7, 11) is 0. The molecule has 4 fully saturated rings. The molecule has 12 aromatic carbocycles. The molecule has 4 saturated carbocycles. The zero-order valence-corrected chi connectivity index (χ0v) is 79.7. The number of unbranched alkanes of at least 4 members (excludes halogenated alkanes) is 3. The van der Waals surface area contributed by atoms with Crippen LogP contribution in [-0.2, 0) is 24.4 Å². The van der Waals surface area contributed by atoms with E-state index >= 15 is 0 Å². The second kappa shape index (κ2) is 48.7. The lowest BCUT2D eigenvalue weighted by Crippen LogP contribution is -2.25. The van der Waals surface area contributed by atoms with Crippen molar-refractivity contribution in [1.82, 2.24) is 0 Å². The Morgan fingerprint density at radius 1 is 0.199 bits per heavy atom. The molecule has 0 amide bonds. The molecule has 0 saturated heterocycles. The van der Waals surface area contributed by atoms with Crippen molar-refractivity contribution in [2.45, 2.75) is 243 Å². The van der Waals surface area contributed by atoms with Gasteiger partial charge >= 0.3 is 24.4 Å². The van der Waals surface area contributed by atoms with Gasteiger partial charge in [-0.3, -0.25) is 0 Å². The van der Waals surface area contributed by atoms with Crippen molar-refractivity contribution in [1.29, 1.82) is 0 Å². The van der Waals surface area contributed by atoms with Crippen LogP contribution in [-0.4, -0.2) is 0 Å². The monoisotopic (exact) mass is 2070 g/mol. The van der Waals surface area contributed by atoms with Crippen LogP contribution >= 0.6 is 0 Å². The fraction of sp³-hybridized carbons (Fsp3) is 0.368. The van der Waals surface area contributed by atoms with E-state index in [0.717, 1.165) is 159 Å². The number of rotatable bonds is 30. The summed E-state index contributed by atoms with van der Waals surface area (Å²) in [6, 6.07) is 35.9. The zero-order chi connectivity index (χ0) is 106. The van der Waals surface area contributed by atoms with Gasteiger partial charge in [-0.05, 0) is 265 Å². The lowest BCUT2D eigenvalue weighted by molar-refractivity contribution is -0.190. The van der Waals surface area contributed by atoms with Gasteiger partial charge in [-0.15, -0.1) is 0 Å². The number of ether oxygens (including phenoxy) is 4. The van der Waals surface area contributed by atoms with Crippen LogP contribution in [0.15, 0.2) is 194 Å². The van der Waals surface area contributed by atoms with Crippen LogP contribution in [0.25, 0.3) is 44.5 Å². The first-order valence-corrected chi connectivity index (χ1v) is 48.6. The molecule has 32 heteroatoms. The summed E-state index contributed by atoms with van der Waals surface area (Å²) >= 11 is 0. The van der Waals surface area contributed by atoms with Gasteiger partial charge < -0.3 is 18.9 Å². The molecule has 146 heavy (non-hydrogen) atoms. The van der Waals surface area contributed by atoms with E-state index in [1.807, 2.05) is 48.5 Å². The molecule has 0 atom stereocenters. The predicted octanol–water partition coefficient (Wildman–Crippen LogP) is 37.8. The quantitative estimate of drug-likeness (QED) is 0.0255. The van der Waals surface area contributed by atoms with Crippen LogP contribution in [0.2, 0.25) is 0 Å². The Bertz CT molecular complexity index is 6260. The Morgan fingerprint density at radius 2 is 0.384 bits per heavy atom. The molecular formula is C114H104F28O4. The molecule has 12 aromatic rings. The van der Waals surface area contributed by atoms with E-state index in [9.17, 15) is 123 Å². The molecule has 4 aliphatic carbocycles. The summed E-state index contributed by atoms with van der Waals surface area (Å²) in [6.45, 7) is 8.76. The molecule has 0 heterocycles. The van der Waals surface area contributed by atoms with Crippen molar-refractivity contribution in [2.75, 3.05) is 0 Å². The molecule has 0 N–H and O–H groups in total. The van der Waals surface area contributed by atoms with Gasteiger partial charge in [0.05, 0.1) is 0 Å². The van der Waals surface area contributed by atoms with Crippen LogP contribution in [0.1, 0.15) is 263 Å². The van der Waals surface area contributed by atoms with Gasteiger partial charge in [0.15, 0.2) is 69.8 Å². The summed E-state index contributed by atoms with van der Waals surface area (Å²) in [5, 5.41) is 0. The third-order valence-electron chi connectivity index (χ3n) is 27.9. The SMILES string of the molecule is CCC1CCC(c2ccc(-c3cc(F)c(C(F)(F)Oc4cc(F)c(F)c(F)c4)c(F)c3)cc2)CC1.CCCC1CCC(c2ccc(-c3cc(F)c(C(F)(F)Oc4cc(F)c(F)c(F)c4)c(F)c3)cc2)CC1.CCCCC1CCC(c2ccc(-c3cc(F)c(C(F)(F)Oc4cc(F)c(F)c(F)c4)c(F)c3)cc2)CC1.CCCCCC1CCC(c2ccc(-c3cc(F)c(C(F)(F)Oc4cc(F)c(F)c(F)c4)c(F)c3)cc2)CC1. The molecule has 0 bridgehead atoms. The fourth-order valence-corrected chi connectivity index (χ4v) is 19.9. The van der Waals surface area contributed by atoms with E-state index in [1.54, 1.807) is 48.5 Å². The molecule has 0 aliphatic heterocycles. The Morgan fingerprint density at radius 3 is 0.568 bits per heavy atom. The number of hydrogen-bond donors (Lipinski definition) is 0. The maximum atomic E-state index is 14.7. The average molecular weight is 2070 g/mol. The lowest BCUT2D eigenvalue weighted by Gasteiger charge is -2.29. The minimum Gasteiger partial charge on any atom is -0.429 e. The topological polar surface area (TPSA) is 36.9 Å². The van der Waals surface area contributed by atoms with Gasteiger partial charge in [0.25, 0.3) is 0 Å². The van der Waals surface area contributed by atoms with Crippen LogP contribution in [0.4, 0.5) is 123 Å². The minimum absolute atomic E-state index is 0.0414. The first kappa shape index (κ1) is 111. The van der Waals surface area contributed by atoms with Crippen molar-refractivity contribution < 1.29 is 142 Å². The number of hydrogen-bond acceptors (Lipinski definition) is 4. The van der Waals surface area contributed by atoms with Gasteiger partial charge in [0, 0.05) is 48.5 Å². The van der Waals surface area contributed by atoms with Crippen molar-refractivity contribution in [3.05, 3.63) is 355 Å². The zero-order valence-electron chi connectivity index (χ0n) is 79.7. The molecular weight excluding hydrogens is 1970 g/mol. The molecule has 0 spiro atoms. The third-order valence-corrected chi connectivity index (χ3v) is 27.9.